The Labute approximate surface area is 107 Å². The fourth-order valence-corrected chi connectivity index (χ4v) is 1.83. The van der Waals surface area contributed by atoms with Crippen LogP contribution in [0.15, 0.2) is 24.3 Å². The van der Waals surface area contributed by atoms with Crippen molar-refractivity contribution in [3.05, 3.63) is 29.8 Å². The lowest BCUT2D eigenvalue weighted by molar-refractivity contribution is -0.137. The normalized spacial score (nSPS) is 19.2. The van der Waals surface area contributed by atoms with Gasteiger partial charge in [-0.05, 0) is 25.0 Å². The van der Waals surface area contributed by atoms with Gasteiger partial charge in [0.25, 0.3) is 5.91 Å². The van der Waals surface area contributed by atoms with E-state index in [4.69, 9.17) is 4.74 Å². The van der Waals surface area contributed by atoms with Crippen LogP contribution in [0.4, 0.5) is 18.9 Å². The van der Waals surface area contributed by atoms with Crippen molar-refractivity contribution in [1.82, 2.24) is 5.43 Å². The number of carbonyl (C=O) groups is 1. The molecule has 0 aliphatic carbocycles. The van der Waals surface area contributed by atoms with Crippen molar-refractivity contribution in [1.29, 1.82) is 0 Å². The Balaban J connectivity index is 2.01. The van der Waals surface area contributed by atoms with Crippen LogP contribution in [0, 0.1) is 0 Å². The quantitative estimate of drug-likeness (QED) is 0.832. The number of anilines is 1. The summed E-state index contributed by atoms with van der Waals surface area (Å²) in [5, 5.41) is 0. The van der Waals surface area contributed by atoms with Gasteiger partial charge in [-0.1, -0.05) is 12.1 Å². The molecule has 1 fully saturated rings. The Morgan fingerprint density at radius 2 is 2.05 bits per heavy atom. The molecule has 1 saturated heterocycles. The fraction of sp³-hybridized carbons (Fsp3) is 0.417. The summed E-state index contributed by atoms with van der Waals surface area (Å²) in [5.74, 6) is -0.463. The average Bonchev–Trinajstić information content (AvgIpc) is 2.89. The molecule has 4 nitrogen and oxygen atoms in total. The molecule has 0 saturated carbocycles. The second-order valence-corrected chi connectivity index (χ2v) is 4.16. The number of ether oxygens (including phenoxy) is 1. The molecule has 0 bridgehead atoms. The summed E-state index contributed by atoms with van der Waals surface area (Å²) >= 11 is 0. The number of hydrogen-bond donors (Lipinski definition) is 2. The van der Waals surface area contributed by atoms with Crippen LogP contribution in [-0.2, 0) is 15.7 Å². The number of amides is 1. The third kappa shape index (κ3) is 3.37. The largest absolute Gasteiger partial charge is 0.418 e. The second-order valence-electron chi connectivity index (χ2n) is 4.16. The van der Waals surface area contributed by atoms with Crippen LogP contribution in [0.3, 0.4) is 0 Å². The molecule has 0 unspecified atom stereocenters. The second kappa shape index (κ2) is 5.48. The van der Waals surface area contributed by atoms with Gasteiger partial charge in [-0.3, -0.25) is 15.6 Å². The first kappa shape index (κ1) is 13.7. The maximum absolute atomic E-state index is 12.7. The van der Waals surface area contributed by atoms with Gasteiger partial charge >= 0.3 is 6.18 Å². The summed E-state index contributed by atoms with van der Waals surface area (Å²) in [7, 11) is 0. The molecule has 2 rings (SSSR count). The number of alkyl halides is 3. The fourth-order valence-electron chi connectivity index (χ4n) is 1.83. The van der Waals surface area contributed by atoms with Gasteiger partial charge in [-0.15, -0.1) is 0 Å². The molecule has 1 aromatic carbocycles. The maximum atomic E-state index is 12.7. The highest BCUT2D eigenvalue weighted by molar-refractivity contribution is 5.82. The van der Waals surface area contributed by atoms with Gasteiger partial charge in [-0.25, -0.2) is 0 Å². The lowest BCUT2D eigenvalue weighted by Gasteiger charge is -2.16. The van der Waals surface area contributed by atoms with Crippen molar-refractivity contribution >= 4 is 11.6 Å². The minimum Gasteiger partial charge on any atom is -0.368 e. The van der Waals surface area contributed by atoms with Crippen LogP contribution in [0.2, 0.25) is 0 Å². The standard InChI is InChI=1S/C12H13F3N2O2/c13-12(14,15)8-4-1-2-5-9(8)16-17-11(18)10-6-3-7-19-10/h1-2,4-5,10,16H,3,6-7H2,(H,17,18)/t10-/m0/s1. The van der Waals surface area contributed by atoms with Crippen molar-refractivity contribution < 1.29 is 22.7 Å². The van der Waals surface area contributed by atoms with Crippen molar-refractivity contribution in [2.75, 3.05) is 12.0 Å². The molecule has 0 spiro atoms. The Kier molecular flexibility index (Phi) is 3.94. The smallest absolute Gasteiger partial charge is 0.368 e. The summed E-state index contributed by atoms with van der Waals surface area (Å²) in [6.45, 7) is 0.497. The van der Waals surface area contributed by atoms with E-state index in [0.29, 0.717) is 13.0 Å². The first-order valence-electron chi connectivity index (χ1n) is 5.82. The SMILES string of the molecule is O=C(NNc1ccccc1C(F)(F)F)[C@@H]1CCCO1. The molecule has 1 amide bonds. The van der Waals surface area contributed by atoms with Gasteiger partial charge in [0.1, 0.15) is 6.10 Å². The zero-order chi connectivity index (χ0) is 13.9. The lowest BCUT2D eigenvalue weighted by atomic mass is 10.2. The Morgan fingerprint density at radius 3 is 2.68 bits per heavy atom. The minimum atomic E-state index is -4.47. The van der Waals surface area contributed by atoms with E-state index < -0.39 is 23.8 Å². The van der Waals surface area contributed by atoms with Crippen molar-refractivity contribution in [3.8, 4) is 0 Å². The molecule has 1 aliphatic rings. The third-order valence-corrected chi connectivity index (χ3v) is 2.77. The van der Waals surface area contributed by atoms with Gasteiger partial charge < -0.3 is 4.74 Å². The highest BCUT2D eigenvalue weighted by atomic mass is 19.4. The highest BCUT2D eigenvalue weighted by Crippen LogP contribution is 2.34. The van der Waals surface area contributed by atoms with E-state index in [1.165, 1.54) is 18.2 Å². The number of carbonyl (C=O) groups excluding carboxylic acids is 1. The van der Waals surface area contributed by atoms with Crippen LogP contribution < -0.4 is 10.9 Å². The number of hydrogen-bond acceptors (Lipinski definition) is 3. The van der Waals surface area contributed by atoms with E-state index in [-0.39, 0.29) is 5.69 Å². The van der Waals surface area contributed by atoms with Gasteiger partial charge in [-0.2, -0.15) is 13.2 Å². The topological polar surface area (TPSA) is 50.4 Å². The Bertz CT molecular complexity index is 457. The minimum absolute atomic E-state index is 0.193. The van der Waals surface area contributed by atoms with Crippen LogP contribution in [0.5, 0.6) is 0 Å². The molecule has 0 radical (unpaired) electrons. The molecule has 104 valence electrons. The van der Waals surface area contributed by atoms with Gasteiger partial charge in [0.15, 0.2) is 0 Å². The number of rotatable bonds is 3. The molecule has 1 atom stereocenters. The predicted molar refractivity (Wildman–Crippen MR) is 62.2 cm³/mol. The van der Waals surface area contributed by atoms with Gasteiger partial charge in [0.2, 0.25) is 0 Å². The third-order valence-electron chi connectivity index (χ3n) is 2.77. The van der Waals surface area contributed by atoms with Crippen molar-refractivity contribution in [3.63, 3.8) is 0 Å². The molecule has 1 aromatic rings. The molecule has 0 aromatic heterocycles. The van der Waals surface area contributed by atoms with Crippen LogP contribution in [0.1, 0.15) is 18.4 Å². The molecule has 19 heavy (non-hydrogen) atoms. The average molecular weight is 274 g/mol. The number of nitrogens with one attached hydrogen (secondary N) is 2. The summed E-state index contributed by atoms with van der Waals surface area (Å²) in [5.41, 5.74) is 3.51. The number of hydrazine groups is 1. The van der Waals surface area contributed by atoms with Crippen LogP contribution in [0.25, 0.3) is 0 Å². The summed E-state index contributed by atoms with van der Waals surface area (Å²) in [6, 6.07) is 4.94. The summed E-state index contributed by atoms with van der Waals surface area (Å²) in [4.78, 5) is 11.6. The monoisotopic (exact) mass is 274 g/mol. The highest BCUT2D eigenvalue weighted by Gasteiger charge is 2.33. The zero-order valence-corrected chi connectivity index (χ0v) is 9.96. The molecule has 1 aliphatic heterocycles. The van der Waals surface area contributed by atoms with Gasteiger partial charge in [0.05, 0.1) is 11.3 Å². The van der Waals surface area contributed by atoms with Crippen molar-refractivity contribution in [2.24, 2.45) is 0 Å². The van der Waals surface area contributed by atoms with Crippen LogP contribution >= 0.6 is 0 Å². The van der Waals surface area contributed by atoms with E-state index in [1.54, 1.807) is 0 Å². The molecular weight excluding hydrogens is 261 g/mol. The molecular formula is C12H13F3N2O2. The zero-order valence-electron chi connectivity index (χ0n) is 9.96. The van der Waals surface area contributed by atoms with E-state index in [9.17, 15) is 18.0 Å². The van der Waals surface area contributed by atoms with E-state index in [0.717, 1.165) is 12.5 Å². The predicted octanol–water partition coefficient (Wildman–Crippen LogP) is 2.33. The van der Waals surface area contributed by atoms with E-state index in [1.807, 2.05) is 0 Å². The number of halogens is 3. The Hall–Kier alpha value is -1.76. The Morgan fingerprint density at radius 1 is 1.32 bits per heavy atom. The number of benzene rings is 1. The first-order valence-corrected chi connectivity index (χ1v) is 5.82. The van der Waals surface area contributed by atoms with Gasteiger partial charge in [0, 0.05) is 6.61 Å². The van der Waals surface area contributed by atoms with E-state index >= 15 is 0 Å². The summed E-state index contributed by atoms with van der Waals surface area (Å²) < 4.78 is 43.2. The van der Waals surface area contributed by atoms with Crippen LogP contribution in [-0.4, -0.2) is 18.6 Å². The lowest BCUT2D eigenvalue weighted by Crippen LogP contribution is -2.38. The molecule has 7 heteroatoms. The number of para-hydroxylation sites is 1. The molecule has 2 N–H and O–H groups in total. The van der Waals surface area contributed by atoms with E-state index in [2.05, 4.69) is 10.9 Å². The summed E-state index contributed by atoms with van der Waals surface area (Å²) in [6.07, 6.45) is -3.71. The van der Waals surface area contributed by atoms with Crippen molar-refractivity contribution in [2.45, 2.75) is 25.1 Å². The first-order chi connectivity index (χ1) is 8.98. The maximum Gasteiger partial charge on any atom is 0.418 e. The molecule has 1 heterocycles.